The van der Waals surface area contributed by atoms with E-state index in [1.807, 2.05) is 66.7 Å². The number of carbonyl (C=O) groups excluding carboxylic acids is 3. The first-order valence-electron chi connectivity index (χ1n) is 12.0. The van der Waals surface area contributed by atoms with E-state index >= 15 is 0 Å². The molecule has 1 aliphatic heterocycles. The average Bonchev–Trinajstić information content (AvgIpc) is 3.28. The predicted molar refractivity (Wildman–Crippen MR) is 134 cm³/mol. The summed E-state index contributed by atoms with van der Waals surface area (Å²) >= 11 is 0. The van der Waals surface area contributed by atoms with Crippen molar-refractivity contribution in [3.8, 4) is 0 Å². The Bertz CT molecular complexity index is 1160. The zero-order valence-corrected chi connectivity index (χ0v) is 19.9. The van der Waals surface area contributed by atoms with E-state index < -0.39 is 24.1 Å². The minimum absolute atomic E-state index is 0.0905. The number of amides is 3. The Balaban J connectivity index is 1.46. The number of aliphatic hydroxyl groups is 1. The lowest BCUT2D eigenvalue weighted by Crippen LogP contribution is -2.55. The lowest BCUT2D eigenvalue weighted by atomic mass is 9.99. The molecule has 0 saturated carbocycles. The lowest BCUT2D eigenvalue weighted by Gasteiger charge is -2.28. The summed E-state index contributed by atoms with van der Waals surface area (Å²) in [6.45, 7) is 0.485. The first-order valence-corrected chi connectivity index (χ1v) is 12.0. The van der Waals surface area contributed by atoms with Crippen molar-refractivity contribution in [3.05, 3.63) is 102 Å². The largest absolute Gasteiger partial charge is 0.381 e. The van der Waals surface area contributed by atoms with Gasteiger partial charge in [-0.05, 0) is 36.1 Å². The molecule has 2 heterocycles. The topological polar surface area (TPSA) is 112 Å². The van der Waals surface area contributed by atoms with Crippen molar-refractivity contribution in [2.45, 2.75) is 50.5 Å². The normalized spacial score (nSPS) is 16.9. The number of aliphatic hydroxyl groups excluding tert-OH is 1. The van der Waals surface area contributed by atoms with Crippen molar-refractivity contribution in [1.82, 2.24) is 20.5 Å². The van der Waals surface area contributed by atoms with Crippen LogP contribution in [0.15, 0.2) is 85.1 Å². The van der Waals surface area contributed by atoms with Crippen LogP contribution in [0.1, 0.15) is 29.7 Å². The number of nitrogens with zero attached hydrogens (tertiary/aromatic N) is 2. The van der Waals surface area contributed by atoms with E-state index in [0.29, 0.717) is 18.7 Å². The second-order valence-corrected chi connectivity index (χ2v) is 8.85. The summed E-state index contributed by atoms with van der Waals surface area (Å²) < 4.78 is 0. The van der Waals surface area contributed by atoms with Crippen molar-refractivity contribution in [2.24, 2.45) is 0 Å². The van der Waals surface area contributed by atoms with Gasteiger partial charge in [-0.1, -0.05) is 66.7 Å². The first kappa shape index (κ1) is 25.1. The molecule has 36 heavy (non-hydrogen) atoms. The molecular formula is C28H30N4O4. The van der Waals surface area contributed by atoms with E-state index in [-0.39, 0.29) is 31.2 Å². The first-order chi connectivity index (χ1) is 17.5. The SMILES string of the molecule is O=C(NCc1ccccn1)C(O)C(Cc1ccccc1)NC(=O)C1CCC(=O)N1Cc1ccccc1. The zero-order valence-electron chi connectivity index (χ0n) is 19.9. The Morgan fingerprint density at radius 1 is 0.972 bits per heavy atom. The summed E-state index contributed by atoms with van der Waals surface area (Å²) in [6.07, 6.45) is 1.06. The number of nitrogens with one attached hydrogen (secondary N) is 2. The quantitative estimate of drug-likeness (QED) is 0.406. The van der Waals surface area contributed by atoms with E-state index in [0.717, 1.165) is 11.1 Å². The van der Waals surface area contributed by atoms with Crippen molar-refractivity contribution >= 4 is 17.7 Å². The molecule has 3 atom stereocenters. The summed E-state index contributed by atoms with van der Waals surface area (Å²) in [5.41, 5.74) is 2.45. The molecule has 8 nitrogen and oxygen atoms in total. The Kier molecular flexibility index (Phi) is 8.41. The van der Waals surface area contributed by atoms with Gasteiger partial charge in [0.05, 0.1) is 18.3 Å². The third kappa shape index (κ3) is 6.55. The fourth-order valence-electron chi connectivity index (χ4n) is 4.34. The molecule has 0 bridgehead atoms. The third-order valence-electron chi connectivity index (χ3n) is 6.27. The van der Waals surface area contributed by atoms with Gasteiger partial charge in [0.2, 0.25) is 11.8 Å². The molecule has 8 heteroatoms. The van der Waals surface area contributed by atoms with E-state index in [1.165, 1.54) is 0 Å². The van der Waals surface area contributed by atoms with E-state index in [4.69, 9.17) is 0 Å². The summed E-state index contributed by atoms with van der Waals surface area (Å²) in [4.78, 5) is 44.4. The third-order valence-corrected chi connectivity index (χ3v) is 6.27. The van der Waals surface area contributed by atoms with E-state index in [1.54, 1.807) is 23.2 Å². The van der Waals surface area contributed by atoms with Crippen LogP contribution in [0.3, 0.4) is 0 Å². The minimum Gasteiger partial charge on any atom is -0.381 e. The van der Waals surface area contributed by atoms with Crippen LogP contribution < -0.4 is 10.6 Å². The van der Waals surface area contributed by atoms with Gasteiger partial charge in [0, 0.05) is 19.2 Å². The van der Waals surface area contributed by atoms with Gasteiger partial charge in [-0.2, -0.15) is 0 Å². The van der Waals surface area contributed by atoms with Crippen LogP contribution >= 0.6 is 0 Å². The highest BCUT2D eigenvalue weighted by molar-refractivity contribution is 5.91. The van der Waals surface area contributed by atoms with Gasteiger partial charge in [0.15, 0.2) is 6.10 Å². The van der Waals surface area contributed by atoms with Gasteiger partial charge in [0.1, 0.15) is 6.04 Å². The fraction of sp³-hybridized carbons (Fsp3) is 0.286. The maximum Gasteiger partial charge on any atom is 0.251 e. The van der Waals surface area contributed by atoms with Crippen molar-refractivity contribution < 1.29 is 19.5 Å². The number of pyridine rings is 1. The molecule has 2 aromatic carbocycles. The standard InChI is InChI=1S/C28H30N4O4/c33-25-15-14-24(32(25)19-21-11-5-2-6-12-21)27(35)31-23(17-20-9-3-1-4-10-20)26(34)28(36)30-18-22-13-7-8-16-29-22/h1-13,16,23-24,26,34H,14-15,17-19H2,(H,30,36)(H,31,35). The number of aromatic nitrogens is 1. The van der Waals surface area contributed by atoms with E-state index in [9.17, 15) is 19.5 Å². The van der Waals surface area contributed by atoms with Crippen molar-refractivity contribution in [2.75, 3.05) is 0 Å². The van der Waals surface area contributed by atoms with Crippen LogP contribution in [-0.2, 0) is 33.9 Å². The van der Waals surface area contributed by atoms with Crippen LogP contribution in [0.2, 0.25) is 0 Å². The molecule has 3 N–H and O–H groups in total. The predicted octanol–water partition coefficient (Wildman–Crippen LogP) is 1.98. The Hall–Kier alpha value is -4.04. The molecule has 3 unspecified atom stereocenters. The second kappa shape index (κ2) is 12.1. The summed E-state index contributed by atoms with van der Waals surface area (Å²) in [7, 11) is 0. The number of hydrogen-bond acceptors (Lipinski definition) is 5. The molecule has 4 rings (SSSR count). The molecule has 1 aliphatic rings. The Morgan fingerprint density at radius 2 is 1.64 bits per heavy atom. The van der Waals surface area contributed by atoms with Crippen LogP contribution in [-0.4, -0.2) is 50.9 Å². The van der Waals surface area contributed by atoms with Gasteiger partial charge in [-0.3, -0.25) is 19.4 Å². The van der Waals surface area contributed by atoms with Gasteiger partial charge in [-0.15, -0.1) is 0 Å². The number of rotatable bonds is 10. The minimum atomic E-state index is -1.49. The lowest BCUT2D eigenvalue weighted by molar-refractivity contribution is -0.138. The highest BCUT2D eigenvalue weighted by Gasteiger charge is 2.38. The monoisotopic (exact) mass is 486 g/mol. The van der Waals surface area contributed by atoms with Gasteiger partial charge in [-0.25, -0.2) is 0 Å². The number of hydrogen-bond donors (Lipinski definition) is 3. The Morgan fingerprint density at radius 3 is 2.31 bits per heavy atom. The fourth-order valence-corrected chi connectivity index (χ4v) is 4.34. The molecule has 3 aromatic rings. The molecule has 0 aliphatic carbocycles. The molecule has 3 amide bonds. The summed E-state index contributed by atoms with van der Waals surface area (Å²) in [6, 6.07) is 22.7. The van der Waals surface area contributed by atoms with Crippen LogP contribution in [0.25, 0.3) is 0 Å². The molecule has 0 spiro atoms. The van der Waals surface area contributed by atoms with Crippen LogP contribution in [0, 0.1) is 0 Å². The van der Waals surface area contributed by atoms with Gasteiger partial charge < -0.3 is 20.6 Å². The smallest absolute Gasteiger partial charge is 0.251 e. The molecule has 1 aromatic heterocycles. The molecular weight excluding hydrogens is 456 g/mol. The highest BCUT2D eigenvalue weighted by Crippen LogP contribution is 2.22. The summed E-state index contributed by atoms with van der Waals surface area (Å²) in [5, 5.41) is 16.5. The molecule has 1 fully saturated rings. The Labute approximate surface area is 210 Å². The maximum atomic E-state index is 13.3. The molecule has 0 radical (unpaired) electrons. The maximum absolute atomic E-state index is 13.3. The highest BCUT2D eigenvalue weighted by atomic mass is 16.3. The van der Waals surface area contributed by atoms with Crippen molar-refractivity contribution in [1.29, 1.82) is 0 Å². The van der Waals surface area contributed by atoms with E-state index in [2.05, 4.69) is 15.6 Å². The van der Waals surface area contributed by atoms with Crippen LogP contribution in [0.5, 0.6) is 0 Å². The van der Waals surface area contributed by atoms with Crippen LogP contribution in [0.4, 0.5) is 0 Å². The van der Waals surface area contributed by atoms with Crippen molar-refractivity contribution in [3.63, 3.8) is 0 Å². The van der Waals surface area contributed by atoms with Gasteiger partial charge in [0.25, 0.3) is 5.91 Å². The number of likely N-dealkylation sites (tertiary alicyclic amines) is 1. The second-order valence-electron chi connectivity index (χ2n) is 8.85. The average molecular weight is 487 g/mol. The molecule has 186 valence electrons. The van der Waals surface area contributed by atoms with Gasteiger partial charge >= 0.3 is 0 Å². The summed E-state index contributed by atoms with van der Waals surface area (Å²) in [5.74, 6) is -1.08. The zero-order chi connectivity index (χ0) is 25.3. The molecule has 1 saturated heterocycles. The number of carbonyl (C=O) groups is 3. The number of benzene rings is 2.